The summed E-state index contributed by atoms with van der Waals surface area (Å²) in [6.07, 6.45) is 2.93. The third kappa shape index (κ3) is 5.71. The van der Waals surface area contributed by atoms with E-state index in [4.69, 9.17) is 33.3 Å². The highest BCUT2D eigenvalue weighted by atomic mass is 35.5. The average Bonchev–Trinajstić information content (AvgIpc) is 3.69. The average molecular weight is 710 g/mol. The highest BCUT2D eigenvalue weighted by molar-refractivity contribution is 6.36. The van der Waals surface area contributed by atoms with Gasteiger partial charge in [-0.25, -0.2) is 18.2 Å². The number of alkyl halides is 2. The first-order valence-electron chi connectivity index (χ1n) is 16.0. The van der Waals surface area contributed by atoms with Crippen molar-refractivity contribution in [2.75, 3.05) is 38.6 Å². The number of nitriles is 1. The lowest BCUT2D eigenvalue weighted by Crippen LogP contribution is -2.57. The monoisotopic (exact) mass is 708 g/mol. The van der Waals surface area contributed by atoms with Crippen molar-refractivity contribution in [1.82, 2.24) is 24.6 Å². The Morgan fingerprint density at radius 2 is 1.96 bits per heavy atom. The maximum atomic E-state index is 17.2. The molecule has 49 heavy (non-hydrogen) atoms. The number of carbonyl (C=O) groups is 1. The normalized spacial score (nSPS) is 19.5. The summed E-state index contributed by atoms with van der Waals surface area (Å²) in [5.74, 6) is -0.541. The molecule has 254 valence electrons. The molecule has 0 saturated carbocycles. The summed E-state index contributed by atoms with van der Waals surface area (Å²) < 4.78 is 44.6. The predicted molar refractivity (Wildman–Crippen MR) is 185 cm³/mol. The second kappa shape index (κ2) is 12.9. The number of likely N-dealkylation sites (N-methyl/N-ethyl adjacent to an activating group) is 1. The van der Waals surface area contributed by atoms with Gasteiger partial charge in [0.1, 0.15) is 11.3 Å². The van der Waals surface area contributed by atoms with Crippen molar-refractivity contribution in [1.29, 1.82) is 5.26 Å². The Morgan fingerprint density at radius 1 is 1.18 bits per heavy atom. The Balaban J connectivity index is 1.39. The molecule has 0 bridgehead atoms. The van der Waals surface area contributed by atoms with E-state index in [1.54, 1.807) is 18.5 Å². The van der Waals surface area contributed by atoms with E-state index >= 15 is 4.39 Å². The SMILES string of the molecule is Cc1c(Cl)cc2c(c1-c1c(Cl)cc3c(nc(N4CC(N(C)C)C4)c4cnn([C@H]5CCN(C(=O)/C=C/C(F)F)[C@H](CC#N)C5)c43)c1F)C=NC2. The lowest BCUT2D eigenvalue weighted by molar-refractivity contribution is -0.130. The van der Waals surface area contributed by atoms with Crippen molar-refractivity contribution in [3.8, 4) is 17.2 Å². The number of carbonyl (C=O) groups excluding carboxylic acids is 1. The number of nitrogens with zero attached hydrogens (tertiary/aromatic N) is 8. The van der Waals surface area contributed by atoms with Gasteiger partial charge in [-0.2, -0.15) is 10.4 Å². The molecule has 9 nitrogen and oxygen atoms in total. The van der Waals surface area contributed by atoms with E-state index < -0.39 is 24.2 Å². The third-order valence-corrected chi connectivity index (χ3v) is 10.7. The summed E-state index contributed by atoms with van der Waals surface area (Å²) in [5, 5.41) is 16.3. The number of fused-ring (bicyclic) bond motifs is 4. The molecule has 5 heterocycles. The van der Waals surface area contributed by atoms with Crippen LogP contribution in [0, 0.1) is 24.1 Å². The van der Waals surface area contributed by atoms with Crippen LogP contribution in [0.3, 0.4) is 0 Å². The minimum Gasteiger partial charge on any atom is -0.353 e. The Bertz CT molecular complexity index is 2100. The molecule has 2 aromatic carbocycles. The molecule has 2 saturated heterocycles. The van der Waals surface area contributed by atoms with Crippen LogP contribution in [0.25, 0.3) is 32.9 Å². The highest BCUT2D eigenvalue weighted by Crippen LogP contribution is 2.45. The third-order valence-electron chi connectivity index (χ3n) is 10.0. The number of aliphatic imine (C=N–C) groups is 1. The molecule has 1 amide bonds. The van der Waals surface area contributed by atoms with Crippen LogP contribution in [0.5, 0.6) is 0 Å². The van der Waals surface area contributed by atoms with E-state index in [9.17, 15) is 18.8 Å². The fourth-order valence-electron chi connectivity index (χ4n) is 7.31. The molecule has 14 heteroatoms. The molecule has 2 atom stereocenters. The van der Waals surface area contributed by atoms with Crippen molar-refractivity contribution in [3.05, 3.63) is 63.0 Å². The number of aromatic nitrogens is 3. The zero-order valence-electron chi connectivity index (χ0n) is 27.1. The number of hydrogen-bond acceptors (Lipinski definition) is 7. The largest absolute Gasteiger partial charge is 0.353 e. The molecule has 0 aliphatic carbocycles. The van der Waals surface area contributed by atoms with Gasteiger partial charge in [-0.3, -0.25) is 14.5 Å². The van der Waals surface area contributed by atoms with Crippen molar-refractivity contribution in [3.63, 3.8) is 0 Å². The van der Waals surface area contributed by atoms with Gasteiger partial charge >= 0.3 is 0 Å². The summed E-state index contributed by atoms with van der Waals surface area (Å²) in [7, 11) is 4.04. The lowest BCUT2D eigenvalue weighted by Gasteiger charge is -2.43. The van der Waals surface area contributed by atoms with Gasteiger partial charge in [0.05, 0.1) is 47.2 Å². The summed E-state index contributed by atoms with van der Waals surface area (Å²) in [6, 6.07) is 5.21. The number of pyridine rings is 1. The summed E-state index contributed by atoms with van der Waals surface area (Å²) in [5.41, 5.74) is 3.92. The lowest BCUT2D eigenvalue weighted by atomic mass is 9.91. The number of halogens is 5. The van der Waals surface area contributed by atoms with Gasteiger partial charge < -0.3 is 14.7 Å². The number of anilines is 1. The first-order chi connectivity index (χ1) is 23.5. The fourth-order valence-corrected chi connectivity index (χ4v) is 7.82. The van der Waals surface area contributed by atoms with Gasteiger partial charge in [0, 0.05) is 65.5 Å². The summed E-state index contributed by atoms with van der Waals surface area (Å²) in [4.78, 5) is 27.9. The molecule has 0 radical (unpaired) electrons. The predicted octanol–water partition coefficient (Wildman–Crippen LogP) is 6.96. The van der Waals surface area contributed by atoms with Crippen LogP contribution in [0.2, 0.25) is 10.0 Å². The second-order valence-corrected chi connectivity index (χ2v) is 13.9. The van der Waals surface area contributed by atoms with E-state index in [0.29, 0.717) is 77.5 Å². The van der Waals surface area contributed by atoms with Crippen LogP contribution in [0.1, 0.15) is 42.0 Å². The van der Waals surface area contributed by atoms with Crippen molar-refractivity contribution in [2.45, 2.75) is 57.3 Å². The quantitative estimate of drug-likeness (QED) is 0.193. The fraction of sp³-hybridized carbons (Fsp3) is 0.400. The molecule has 3 aliphatic heterocycles. The number of amides is 1. The standard InChI is InChI=1S/C35H33Cl2F3N8O/c1-18-26(36)10-19-13-42-14-24(19)30(18)31-27(37)12-23-33(32(31)40)44-35(46-16-22(17-46)45(2)3)25-15-43-48(34(23)25)21-7-9-47(20(11-21)6-8-41)29(49)5-4-28(38)39/h4-5,10,12,14-15,20-22,28H,6-7,9,11,13,16-17H2,1-3H3/b5-4+/t20-,21+/m1/s1. The van der Waals surface area contributed by atoms with Gasteiger partial charge in [-0.05, 0) is 68.8 Å². The molecule has 0 N–H and O–H groups in total. The number of allylic oxidation sites excluding steroid dienone is 1. The number of hydrogen-bond donors (Lipinski definition) is 0. The van der Waals surface area contributed by atoms with Gasteiger partial charge in [-0.1, -0.05) is 23.2 Å². The molecule has 2 aromatic heterocycles. The van der Waals surface area contributed by atoms with Crippen LogP contribution < -0.4 is 4.90 Å². The second-order valence-electron chi connectivity index (χ2n) is 13.1. The minimum atomic E-state index is -2.76. The molecular weight excluding hydrogens is 676 g/mol. The van der Waals surface area contributed by atoms with E-state index in [0.717, 1.165) is 22.6 Å². The van der Waals surface area contributed by atoms with Crippen LogP contribution in [-0.4, -0.2) is 88.9 Å². The Hall–Kier alpha value is -4.18. The Morgan fingerprint density at radius 3 is 2.67 bits per heavy atom. The molecule has 0 spiro atoms. The van der Waals surface area contributed by atoms with Gasteiger partial charge in [-0.15, -0.1) is 0 Å². The first-order valence-corrected chi connectivity index (χ1v) is 16.8. The number of rotatable bonds is 7. The maximum Gasteiger partial charge on any atom is 0.257 e. The van der Waals surface area contributed by atoms with Crippen LogP contribution in [0.15, 0.2) is 35.5 Å². The van der Waals surface area contributed by atoms with Gasteiger partial charge in [0.15, 0.2) is 5.82 Å². The maximum absolute atomic E-state index is 17.2. The molecule has 7 rings (SSSR count). The van der Waals surface area contributed by atoms with Gasteiger partial charge in [0.2, 0.25) is 5.91 Å². The van der Waals surface area contributed by atoms with E-state index in [1.165, 1.54) is 4.90 Å². The summed E-state index contributed by atoms with van der Waals surface area (Å²) >= 11 is 13.6. The zero-order chi connectivity index (χ0) is 34.7. The number of likely N-dealkylation sites (tertiary alicyclic amines) is 1. The van der Waals surface area contributed by atoms with E-state index in [-0.39, 0.29) is 35.1 Å². The van der Waals surface area contributed by atoms with E-state index in [1.807, 2.05) is 31.8 Å². The molecule has 4 aromatic rings. The molecule has 2 fully saturated rings. The first kappa shape index (κ1) is 33.3. The van der Waals surface area contributed by atoms with E-state index in [2.05, 4.69) is 20.9 Å². The highest BCUT2D eigenvalue weighted by Gasteiger charge is 2.36. The zero-order valence-corrected chi connectivity index (χ0v) is 28.6. The van der Waals surface area contributed by atoms with Crippen LogP contribution >= 0.6 is 23.2 Å². The Kier molecular flexibility index (Phi) is 8.80. The van der Waals surface area contributed by atoms with Crippen molar-refractivity contribution in [2.24, 2.45) is 4.99 Å². The number of piperidine rings is 1. The van der Waals surface area contributed by atoms with Crippen molar-refractivity contribution >= 4 is 62.9 Å². The smallest absolute Gasteiger partial charge is 0.257 e. The minimum absolute atomic E-state index is 0.0215. The van der Waals surface area contributed by atoms with Gasteiger partial charge in [0.25, 0.3) is 6.43 Å². The van der Waals surface area contributed by atoms with Crippen LogP contribution in [-0.2, 0) is 11.3 Å². The molecular formula is C35H33Cl2F3N8O. The number of benzene rings is 2. The van der Waals surface area contributed by atoms with Crippen molar-refractivity contribution < 1.29 is 18.0 Å². The Labute approximate surface area is 291 Å². The topological polar surface area (TPSA) is 93.7 Å². The summed E-state index contributed by atoms with van der Waals surface area (Å²) in [6.45, 7) is 3.90. The van der Waals surface area contributed by atoms with Crippen LogP contribution in [0.4, 0.5) is 19.0 Å². The molecule has 0 unspecified atom stereocenters. The molecule has 3 aliphatic rings.